The molecule has 2 aromatic rings. The van der Waals surface area contributed by atoms with Crippen molar-refractivity contribution in [1.29, 1.82) is 0 Å². The Bertz CT molecular complexity index is 487. The largest absolute Gasteiger partial charge is 0.381 e. The van der Waals surface area contributed by atoms with Crippen LogP contribution in [0, 0.1) is 5.92 Å². The molecular weight excluding hydrogens is 184 g/mol. The molecule has 15 heavy (non-hydrogen) atoms. The monoisotopic (exact) mass is 198 g/mol. The van der Waals surface area contributed by atoms with Gasteiger partial charge in [0.15, 0.2) is 0 Å². The molecule has 0 spiro atoms. The smallest absolute Gasteiger partial charge is 0.0722 e. The first kappa shape index (κ1) is 8.72. The number of hydrogen-bond donors (Lipinski definition) is 1. The van der Waals surface area contributed by atoms with E-state index in [-0.39, 0.29) is 0 Å². The molecule has 1 aliphatic rings. The molecule has 1 saturated carbocycles. The zero-order valence-corrected chi connectivity index (χ0v) is 8.77. The normalized spacial score (nSPS) is 24.1. The van der Waals surface area contributed by atoms with Crippen LogP contribution in [-0.2, 0) is 0 Å². The second-order valence-electron chi connectivity index (χ2n) is 4.34. The molecule has 3 rings (SSSR count). The first-order valence-electron chi connectivity index (χ1n) is 5.45. The van der Waals surface area contributed by atoms with Crippen molar-refractivity contribution >= 4 is 16.6 Å². The molecule has 0 bridgehead atoms. The molecule has 2 atom stereocenters. The number of para-hydroxylation sites is 1. The zero-order chi connectivity index (χ0) is 10.3. The molecule has 0 amide bonds. The molecule has 0 aliphatic heterocycles. The highest BCUT2D eigenvalue weighted by Gasteiger charge is 2.32. The van der Waals surface area contributed by atoms with Crippen LogP contribution in [0.2, 0.25) is 0 Å². The van der Waals surface area contributed by atoms with Crippen LogP contribution < -0.4 is 5.32 Å². The fourth-order valence-corrected chi connectivity index (χ4v) is 1.94. The van der Waals surface area contributed by atoms with Gasteiger partial charge in [0, 0.05) is 23.3 Å². The Morgan fingerprint density at radius 1 is 1.27 bits per heavy atom. The van der Waals surface area contributed by atoms with E-state index in [0.717, 1.165) is 11.4 Å². The minimum Gasteiger partial charge on any atom is -0.381 e. The Labute approximate surface area is 89.3 Å². The number of pyridine rings is 1. The average molecular weight is 198 g/mol. The lowest BCUT2D eigenvalue weighted by molar-refractivity contribution is 0.930. The lowest BCUT2D eigenvalue weighted by Crippen LogP contribution is -2.03. The van der Waals surface area contributed by atoms with Crippen molar-refractivity contribution < 1.29 is 0 Å². The summed E-state index contributed by atoms with van der Waals surface area (Å²) in [7, 11) is 0. The summed E-state index contributed by atoms with van der Waals surface area (Å²) < 4.78 is 0. The van der Waals surface area contributed by atoms with Crippen LogP contribution in [-0.4, -0.2) is 11.0 Å². The first-order chi connectivity index (χ1) is 7.34. The number of aromatic nitrogens is 1. The fraction of sp³-hybridized carbons (Fsp3) is 0.308. The molecule has 76 valence electrons. The minimum absolute atomic E-state index is 0.663. The molecule has 2 nitrogen and oxygen atoms in total. The second kappa shape index (κ2) is 3.23. The van der Waals surface area contributed by atoms with Crippen molar-refractivity contribution in [2.45, 2.75) is 19.4 Å². The van der Waals surface area contributed by atoms with E-state index < -0.39 is 0 Å². The van der Waals surface area contributed by atoms with Gasteiger partial charge in [-0.25, -0.2) is 0 Å². The number of rotatable bonds is 2. The molecule has 1 N–H and O–H groups in total. The van der Waals surface area contributed by atoms with Gasteiger partial charge in [0.1, 0.15) is 0 Å². The van der Waals surface area contributed by atoms with Gasteiger partial charge in [-0.2, -0.15) is 0 Å². The second-order valence-corrected chi connectivity index (χ2v) is 4.34. The number of anilines is 1. The predicted octanol–water partition coefficient (Wildman–Crippen LogP) is 3.06. The number of nitrogens with one attached hydrogen (secondary N) is 1. The van der Waals surface area contributed by atoms with Crippen LogP contribution in [0.1, 0.15) is 13.3 Å². The summed E-state index contributed by atoms with van der Waals surface area (Å²) in [4.78, 5) is 4.35. The Hall–Kier alpha value is -1.57. The maximum atomic E-state index is 4.35. The molecule has 2 unspecified atom stereocenters. The summed E-state index contributed by atoms with van der Waals surface area (Å²) in [6.45, 7) is 2.28. The van der Waals surface area contributed by atoms with Crippen molar-refractivity contribution in [3.8, 4) is 0 Å². The quantitative estimate of drug-likeness (QED) is 0.802. The van der Waals surface area contributed by atoms with Crippen molar-refractivity contribution in [2.24, 2.45) is 5.92 Å². The maximum absolute atomic E-state index is 4.35. The van der Waals surface area contributed by atoms with Gasteiger partial charge in [-0.15, -0.1) is 0 Å². The van der Waals surface area contributed by atoms with Gasteiger partial charge < -0.3 is 5.32 Å². The van der Waals surface area contributed by atoms with Crippen molar-refractivity contribution in [3.63, 3.8) is 0 Å². The highest BCUT2D eigenvalue weighted by molar-refractivity contribution is 5.91. The van der Waals surface area contributed by atoms with E-state index in [1.54, 1.807) is 0 Å². The van der Waals surface area contributed by atoms with Crippen molar-refractivity contribution in [1.82, 2.24) is 4.98 Å². The molecule has 1 aromatic heterocycles. The Morgan fingerprint density at radius 3 is 2.87 bits per heavy atom. The number of nitrogens with zero attached hydrogens (tertiary/aromatic N) is 1. The Kier molecular flexibility index (Phi) is 1.88. The molecule has 1 aliphatic carbocycles. The predicted molar refractivity (Wildman–Crippen MR) is 62.9 cm³/mol. The van der Waals surface area contributed by atoms with Gasteiger partial charge in [-0.3, -0.25) is 4.98 Å². The van der Waals surface area contributed by atoms with E-state index >= 15 is 0 Å². The fourth-order valence-electron chi connectivity index (χ4n) is 1.94. The summed E-state index contributed by atoms with van der Waals surface area (Å²) in [5, 5.41) is 4.79. The van der Waals surface area contributed by atoms with Crippen LogP contribution in [0.5, 0.6) is 0 Å². The number of benzene rings is 1. The SMILES string of the molecule is CC1CC1Nc1ccnc2ccccc12. The van der Waals surface area contributed by atoms with E-state index in [1.807, 2.05) is 12.3 Å². The van der Waals surface area contributed by atoms with Gasteiger partial charge >= 0.3 is 0 Å². The van der Waals surface area contributed by atoms with E-state index in [4.69, 9.17) is 0 Å². The number of fused-ring (bicyclic) bond motifs is 1. The summed E-state index contributed by atoms with van der Waals surface area (Å²) in [6, 6.07) is 11.0. The maximum Gasteiger partial charge on any atom is 0.0722 e. The topological polar surface area (TPSA) is 24.9 Å². The van der Waals surface area contributed by atoms with E-state index in [1.165, 1.54) is 17.5 Å². The van der Waals surface area contributed by atoms with Crippen LogP contribution in [0.3, 0.4) is 0 Å². The molecule has 1 fully saturated rings. The van der Waals surface area contributed by atoms with Crippen molar-refractivity contribution in [3.05, 3.63) is 36.5 Å². The molecule has 0 saturated heterocycles. The van der Waals surface area contributed by atoms with E-state index in [9.17, 15) is 0 Å². The molecule has 2 heteroatoms. The lowest BCUT2D eigenvalue weighted by atomic mass is 10.2. The van der Waals surface area contributed by atoms with E-state index in [2.05, 4.69) is 41.5 Å². The summed E-state index contributed by atoms with van der Waals surface area (Å²) >= 11 is 0. The standard InChI is InChI=1S/C13H14N2/c1-9-8-13(9)15-12-6-7-14-11-5-3-2-4-10(11)12/h2-7,9,13H,8H2,1H3,(H,14,15). The lowest BCUT2D eigenvalue weighted by Gasteiger charge is -2.08. The third-order valence-electron chi connectivity index (χ3n) is 3.10. The summed E-state index contributed by atoms with van der Waals surface area (Å²) in [6.07, 6.45) is 3.16. The van der Waals surface area contributed by atoms with Gasteiger partial charge in [-0.1, -0.05) is 25.1 Å². The van der Waals surface area contributed by atoms with Gasteiger partial charge in [0.05, 0.1) is 5.52 Å². The van der Waals surface area contributed by atoms with Crippen molar-refractivity contribution in [2.75, 3.05) is 5.32 Å². The highest BCUT2D eigenvalue weighted by atomic mass is 15.0. The average Bonchev–Trinajstić information content (AvgIpc) is 2.95. The highest BCUT2D eigenvalue weighted by Crippen LogP contribution is 2.34. The Morgan fingerprint density at radius 2 is 2.07 bits per heavy atom. The van der Waals surface area contributed by atoms with Crippen LogP contribution >= 0.6 is 0 Å². The zero-order valence-electron chi connectivity index (χ0n) is 8.77. The van der Waals surface area contributed by atoms with Gasteiger partial charge in [-0.05, 0) is 24.5 Å². The summed E-state index contributed by atoms with van der Waals surface area (Å²) in [5.41, 5.74) is 2.28. The molecule has 1 heterocycles. The van der Waals surface area contributed by atoms with E-state index in [0.29, 0.717) is 6.04 Å². The Balaban J connectivity index is 2.02. The number of hydrogen-bond acceptors (Lipinski definition) is 2. The first-order valence-corrected chi connectivity index (χ1v) is 5.45. The van der Waals surface area contributed by atoms with Gasteiger partial charge in [0.2, 0.25) is 0 Å². The molecular formula is C13H14N2. The minimum atomic E-state index is 0.663. The molecule has 0 radical (unpaired) electrons. The van der Waals surface area contributed by atoms with Crippen LogP contribution in [0.4, 0.5) is 5.69 Å². The van der Waals surface area contributed by atoms with Gasteiger partial charge in [0.25, 0.3) is 0 Å². The molecule has 1 aromatic carbocycles. The third kappa shape index (κ3) is 1.56. The van der Waals surface area contributed by atoms with Crippen LogP contribution in [0.15, 0.2) is 36.5 Å². The third-order valence-corrected chi connectivity index (χ3v) is 3.10. The summed E-state index contributed by atoms with van der Waals surface area (Å²) in [5.74, 6) is 0.817. The van der Waals surface area contributed by atoms with Crippen LogP contribution in [0.25, 0.3) is 10.9 Å².